The van der Waals surface area contributed by atoms with E-state index in [-0.39, 0.29) is 6.61 Å². The van der Waals surface area contributed by atoms with Crippen LogP contribution in [0.5, 0.6) is 0 Å². The summed E-state index contributed by atoms with van der Waals surface area (Å²) in [5, 5.41) is 19.4. The molecule has 72 valence electrons. The van der Waals surface area contributed by atoms with Gasteiger partial charge in [0.15, 0.2) is 0 Å². The van der Waals surface area contributed by atoms with Gasteiger partial charge in [0, 0.05) is 17.1 Å². The second-order valence-corrected chi connectivity index (χ2v) is 3.12. The van der Waals surface area contributed by atoms with Crippen LogP contribution in [-0.4, -0.2) is 21.8 Å². The van der Waals surface area contributed by atoms with Crippen molar-refractivity contribution >= 4 is 10.9 Å². The molecule has 1 aromatic heterocycles. The van der Waals surface area contributed by atoms with E-state index in [2.05, 4.69) is 4.98 Å². The van der Waals surface area contributed by atoms with E-state index in [1.165, 1.54) is 0 Å². The van der Waals surface area contributed by atoms with Crippen LogP contribution in [0.1, 0.15) is 11.7 Å². The smallest absolute Gasteiger partial charge is 0.104 e. The first-order chi connectivity index (χ1) is 6.83. The van der Waals surface area contributed by atoms with Crippen molar-refractivity contribution in [1.82, 2.24) is 4.98 Å². The molecule has 0 saturated carbocycles. The maximum atomic E-state index is 9.54. The molecule has 0 saturated heterocycles. The van der Waals surface area contributed by atoms with E-state index in [0.717, 1.165) is 10.9 Å². The van der Waals surface area contributed by atoms with Gasteiger partial charge in [0.05, 0.1) is 12.1 Å². The highest BCUT2D eigenvalue weighted by molar-refractivity contribution is 5.81. The topological polar surface area (TPSA) is 53.4 Å². The molecule has 2 aromatic rings. The van der Waals surface area contributed by atoms with Gasteiger partial charge in [-0.3, -0.25) is 4.98 Å². The van der Waals surface area contributed by atoms with Crippen molar-refractivity contribution in [3.8, 4) is 0 Å². The molecular weight excluding hydrogens is 178 g/mol. The van der Waals surface area contributed by atoms with Crippen LogP contribution in [0.15, 0.2) is 36.5 Å². The standard InChI is InChI=1S/C11H11NO2/c13-7-10(14)9-5-1-3-8-4-2-6-12-11(8)9/h1-6,10,13-14H,7H2. The van der Waals surface area contributed by atoms with E-state index in [1.54, 1.807) is 12.3 Å². The fourth-order valence-electron chi connectivity index (χ4n) is 1.50. The number of pyridine rings is 1. The van der Waals surface area contributed by atoms with Crippen molar-refractivity contribution < 1.29 is 10.2 Å². The normalized spacial score (nSPS) is 13.0. The van der Waals surface area contributed by atoms with Crippen molar-refractivity contribution in [2.24, 2.45) is 0 Å². The Bertz CT molecular complexity index is 437. The van der Waals surface area contributed by atoms with E-state index < -0.39 is 6.10 Å². The zero-order chi connectivity index (χ0) is 9.97. The van der Waals surface area contributed by atoms with Gasteiger partial charge < -0.3 is 10.2 Å². The van der Waals surface area contributed by atoms with E-state index >= 15 is 0 Å². The van der Waals surface area contributed by atoms with Gasteiger partial charge in [-0.15, -0.1) is 0 Å². The quantitative estimate of drug-likeness (QED) is 0.747. The molecule has 1 aromatic carbocycles. The van der Waals surface area contributed by atoms with Crippen molar-refractivity contribution in [2.45, 2.75) is 6.10 Å². The summed E-state index contributed by atoms with van der Waals surface area (Å²) in [6, 6.07) is 9.32. The lowest BCUT2D eigenvalue weighted by atomic mass is 10.1. The Hall–Kier alpha value is -1.45. The lowest BCUT2D eigenvalue weighted by molar-refractivity contribution is 0.0966. The number of rotatable bonds is 2. The van der Waals surface area contributed by atoms with Crippen LogP contribution in [0.2, 0.25) is 0 Å². The molecule has 3 heteroatoms. The van der Waals surface area contributed by atoms with Gasteiger partial charge in [0.25, 0.3) is 0 Å². The monoisotopic (exact) mass is 189 g/mol. The minimum Gasteiger partial charge on any atom is -0.393 e. The number of nitrogens with zero attached hydrogens (tertiary/aromatic N) is 1. The lowest BCUT2D eigenvalue weighted by Crippen LogP contribution is -2.03. The van der Waals surface area contributed by atoms with E-state index in [4.69, 9.17) is 5.11 Å². The SMILES string of the molecule is OCC(O)c1cccc2cccnc12. The van der Waals surface area contributed by atoms with Crippen molar-refractivity contribution in [2.75, 3.05) is 6.61 Å². The van der Waals surface area contributed by atoms with Gasteiger partial charge in [-0.1, -0.05) is 24.3 Å². The molecule has 0 aliphatic rings. The zero-order valence-electron chi connectivity index (χ0n) is 7.59. The van der Waals surface area contributed by atoms with Crippen molar-refractivity contribution in [3.63, 3.8) is 0 Å². The second kappa shape index (κ2) is 3.74. The number of benzene rings is 1. The minimum absolute atomic E-state index is 0.282. The highest BCUT2D eigenvalue weighted by atomic mass is 16.3. The second-order valence-electron chi connectivity index (χ2n) is 3.12. The average Bonchev–Trinajstić information content (AvgIpc) is 2.27. The van der Waals surface area contributed by atoms with Crippen molar-refractivity contribution in [3.05, 3.63) is 42.1 Å². The Morgan fingerprint density at radius 1 is 1.21 bits per heavy atom. The van der Waals surface area contributed by atoms with Gasteiger partial charge in [-0.2, -0.15) is 0 Å². The van der Waals surface area contributed by atoms with E-state index in [0.29, 0.717) is 5.56 Å². The predicted octanol–water partition coefficient (Wildman–Crippen LogP) is 1.26. The summed E-state index contributed by atoms with van der Waals surface area (Å²) >= 11 is 0. The van der Waals surface area contributed by atoms with Gasteiger partial charge in [-0.05, 0) is 6.07 Å². The van der Waals surface area contributed by atoms with Crippen LogP contribution in [-0.2, 0) is 0 Å². The molecule has 1 atom stereocenters. The maximum absolute atomic E-state index is 9.54. The molecule has 3 nitrogen and oxygen atoms in total. The first kappa shape index (κ1) is 9.12. The summed E-state index contributed by atoms with van der Waals surface area (Å²) in [4.78, 5) is 4.18. The lowest BCUT2D eigenvalue weighted by Gasteiger charge is -2.09. The van der Waals surface area contributed by atoms with Crippen LogP contribution in [0, 0.1) is 0 Å². The zero-order valence-corrected chi connectivity index (χ0v) is 7.59. The van der Waals surface area contributed by atoms with Crippen molar-refractivity contribution in [1.29, 1.82) is 0 Å². The van der Waals surface area contributed by atoms with Crippen LogP contribution in [0.25, 0.3) is 10.9 Å². The fourth-order valence-corrected chi connectivity index (χ4v) is 1.50. The highest BCUT2D eigenvalue weighted by Gasteiger charge is 2.09. The Morgan fingerprint density at radius 2 is 2.00 bits per heavy atom. The van der Waals surface area contributed by atoms with Gasteiger partial charge in [0.1, 0.15) is 6.10 Å². The molecule has 0 amide bonds. The predicted molar refractivity (Wildman–Crippen MR) is 53.8 cm³/mol. The Morgan fingerprint density at radius 3 is 2.79 bits per heavy atom. The summed E-state index contributed by atoms with van der Waals surface area (Å²) < 4.78 is 0. The number of para-hydroxylation sites is 1. The number of fused-ring (bicyclic) bond motifs is 1. The van der Waals surface area contributed by atoms with E-state index in [9.17, 15) is 5.11 Å². The summed E-state index contributed by atoms with van der Waals surface area (Å²) in [6.45, 7) is -0.282. The summed E-state index contributed by atoms with van der Waals surface area (Å²) in [7, 11) is 0. The first-order valence-electron chi connectivity index (χ1n) is 4.45. The van der Waals surface area contributed by atoms with Gasteiger partial charge in [-0.25, -0.2) is 0 Å². The fraction of sp³-hybridized carbons (Fsp3) is 0.182. The summed E-state index contributed by atoms with van der Waals surface area (Å²) in [5.74, 6) is 0. The number of aliphatic hydroxyl groups excluding tert-OH is 2. The molecule has 0 aliphatic carbocycles. The molecule has 1 heterocycles. The van der Waals surface area contributed by atoms with Gasteiger partial charge in [0.2, 0.25) is 0 Å². The van der Waals surface area contributed by atoms with Crippen LogP contribution >= 0.6 is 0 Å². The molecule has 0 bridgehead atoms. The third kappa shape index (κ3) is 1.47. The Balaban J connectivity index is 2.65. The van der Waals surface area contributed by atoms with Crippen LogP contribution < -0.4 is 0 Å². The average molecular weight is 189 g/mol. The summed E-state index contributed by atoms with van der Waals surface area (Å²) in [5.41, 5.74) is 1.42. The number of hydrogen-bond donors (Lipinski definition) is 2. The number of hydrogen-bond acceptors (Lipinski definition) is 3. The van der Waals surface area contributed by atoms with E-state index in [1.807, 2.05) is 24.3 Å². The number of aromatic nitrogens is 1. The molecule has 2 rings (SSSR count). The number of aliphatic hydroxyl groups is 2. The van der Waals surface area contributed by atoms with Crippen LogP contribution in [0.4, 0.5) is 0 Å². The molecule has 0 radical (unpaired) electrons. The molecule has 0 aliphatic heterocycles. The molecule has 2 N–H and O–H groups in total. The summed E-state index contributed by atoms with van der Waals surface area (Å²) in [6.07, 6.45) is 0.823. The highest BCUT2D eigenvalue weighted by Crippen LogP contribution is 2.21. The largest absolute Gasteiger partial charge is 0.393 e. The molecule has 1 unspecified atom stereocenters. The Kier molecular flexibility index (Phi) is 2.43. The maximum Gasteiger partial charge on any atom is 0.104 e. The minimum atomic E-state index is -0.853. The first-order valence-corrected chi connectivity index (χ1v) is 4.45. The Labute approximate surface area is 81.7 Å². The molecule has 14 heavy (non-hydrogen) atoms. The third-order valence-corrected chi connectivity index (χ3v) is 2.20. The molecule has 0 spiro atoms. The third-order valence-electron chi connectivity index (χ3n) is 2.20. The molecular formula is C11H11NO2. The van der Waals surface area contributed by atoms with Crippen LogP contribution in [0.3, 0.4) is 0 Å². The molecule has 0 fully saturated rings. The van der Waals surface area contributed by atoms with Gasteiger partial charge >= 0.3 is 0 Å².